The standard InChI is InChI=1S/C16H21NO2S/c1-5-11(2)17-13(14-7-6-10-20-14)9-8-12(15(17)18)16(3,4)19/h6-11,19H,5H2,1-4H3. The normalized spacial score (nSPS) is 13.4. The summed E-state index contributed by atoms with van der Waals surface area (Å²) in [5.74, 6) is 0. The second-order valence-electron chi connectivity index (χ2n) is 5.60. The van der Waals surface area contributed by atoms with Crippen LogP contribution in [0, 0.1) is 0 Å². The third kappa shape index (κ3) is 2.72. The summed E-state index contributed by atoms with van der Waals surface area (Å²) in [5, 5.41) is 12.2. The van der Waals surface area contributed by atoms with Gasteiger partial charge in [-0.2, -0.15) is 0 Å². The van der Waals surface area contributed by atoms with E-state index >= 15 is 0 Å². The molecule has 2 heterocycles. The predicted octanol–water partition coefficient (Wildman–Crippen LogP) is 3.78. The molecule has 3 nitrogen and oxygen atoms in total. The Morgan fingerprint density at radius 3 is 2.55 bits per heavy atom. The Morgan fingerprint density at radius 1 is 1.35 bits per heavy atom. The molecular formula is C16H21NO2S. The van der Waals surface area contributed by atoms with Crippen molar-refractivity contribution in [1.29, 1.82) is 0 Å². The maximum atomic E-state index is 12.7. The topological polar surface area (TPSA) is 42.2 Å². The quantitative estimate of drug-likeness (QED) is 0.931. The van der Waals surface area contributed by atoms with E-state index in [1.54, 1.807) is 35.8 Å². The third-order valence-corrected chi connectivity index (χ3v) is 4.47. The van der Waals surface area contributed by atoms with Gasteiger partial charge in [0, 0.05) is 11.6 Å². The van der Waals surface area contributed by atoms with Crippen molar-refractivity contribution >= 4 is 11.3 Å². The molecule has 1 unspecified atom stereocenters. The van der Waals surface area contributed by atoms with E-state index in [2.05, 4.69) is 6.92 Å². The van der Waals surface area contributed by atoms with Gasteiger partial charge in [-0.3, -0.25) is 4.79 Å². The molecule has 0 aliphatic carbocycles. The van der Waals surface area contributed by atoms with E-state index in [0.717, 1.165) is 17.0 Å². The summed E-state index contributed by atoms with van der Waals surface area (Å²) in [7, 11) is 0. The minimum absolute atomic E-state index is 0.0990. The molecule has 20 heavy (non-hydrogen) atoms. The summed E-state index contributed by atoms with van der Waals surface area (Å²) in [4.78, 5) is 13.8. The number of pyridine rings is 1. The predicted molar refractivity (Wildman–Crippen MR) is 84.3 cm³/mol. The molecule has 4 heteroatoms. The molecule has 108 valence electrons. The molecule has 0 radical (unpaired) electrons. The van der Waals surface area contributed by atoms with Gasteiger partial charge in [0.05, 0.1) is 16.2 Å². The highest BCUT2D eigenvalue weighted by Gasteiger charge is 2.24. The van der Waals surface area contributed by atoms with Crippen LogP contribution in [0.5, 0.6) is 0 Å². The zero-order chi connectivity index (χ0) is 14.9. The Bertz CT molecular complexity index is 635. The van der Waals surface area contributed by atoms with Crippen LogP contribution in [0.3, 0.4) is 0 Å². The van der Waals surface area contributed by atoms with Crippen molar-refractivity contribution in [3.63, 3.8) is 0 Å². The largest absolute Gasteiger partial charge is 0.386 e. The van der Waals surface area contributed by atoms with Crippen LogP contribution in [0.25, 0.3) is 10.6 Å². The van der Waals surface area contributed by atoms with Crippen molar-refractivity contribution in [1.82, 2.24) is 4.57 Å². The molecule has 1 atom stereocenters. The van der Waals surface area contributed by atoms with Crippen molar-refractivity contribution in [2.45, 2.75) is 45.8 Å². The average molecular weight is 291 g/mol. The smallest absolute Gasteiger partial charge is 0.257 e. The van der Waals surface area contributed by atoms with E-state index in [-0.39, 0.29) is 11.6 Å². The van der Waals surface area contributed by atoms with Crippen LogP contribution in [0.2, 0.25) is 0 Å². The Kier molecular flexibility index (Phi) is 4.16. The second-order valence-corrected chi connectivity index (χ2v) is 6.55. The monoisotopic (exact) mass is 291 g/mol. The summed E-state index contributed by atoms with van der Waals surface area (Å²) in [6, 6.07) is 7.78. The molecule has 0 aliphatic heterocycles. The van der Waals surface area contributed by atoms with Gasteiger partial charge >= 0.3 is 0 Å². The van der Waals surface area contributed by atoms with Crippen LogP contribution >= 0.6 is 11.3 Å². The number of aromatic nitrogens is 1. The fourth-order valence-electron chi connectivity index (χ4n) is 2.26. The van der Waals surface area contributed by atoms with Crippen LogP contribution in [0.1, 0.15) is 45.7 Å². The fourth-order valence-corrected chi connectivity index (χ4v) is 3.01. The maximum Gasteiger partial charge on any atom is 0.257 e. The lowest BCUT2D eigenvalue weighted by atomic mass is 9.99. The number of rotatable bonds is 4. The molecule has 0 saturated carbocycles. The van der Waals surface area contributed by atoms with Crippen molar-refractivity contribution in [2.75, 3.05) is 0 Å². The lowest BCUT2D eigenvalue weighted by molar-refractivity contribution is 0.0764. The average Bonchev–Trinajstić information content (AvgIpc) is 2.89. The zero-order valence-corrected chi connectivity index (χ0v) is 13.2. The van der Waals surface area contributed by atoms with Gasteiger partial charge in [0.15, 0.2) is 0 Å². The van der Waals surface area contributed by atoms with Gasteiger partial charge < -0.3 is 9.67 Å². The minimum Gasteiger partial charge on any atom is -0.386 e. The van der Waals surface area contributed by atoms with Gasteiger partial charge in [-0.05, 0) is 50.8 Å². The van der Waals surface area contributed by atoms with E-state index in [1.165, 1.54) is 0 Å². The van der Waals surface area contributed by atoms with Crippen LogP contribution in [0.15, 0.2) is 34.4 Å². The Hall–Kier alpha value is -1.39. The van der Waals surface area contributed by atoms with Crippen molar-refractivity contribution in [3.05, 3.63) is 45.6 Å². The minimum atomic E-state index is -1.12. The lowest BCUT2D eigenvalue weighted by Crippen LogP contribution is -2.33. The van der Waals surface area contributed by atoms with E-state index in [0.29, 0.717) is 5.56 Å². The van der Waals surface area contributed by atoms with Gasteiger partial charge in [-0.15, -0.1) is 11.3 Å². The van der Waals surface area contributed by atoms with Gasteiger partial charge in [-0.25, -0.2) is 0 Å². The molecule has 2 aromatic rings. The van der Waals surface area contributed by atoms with E-state index in [1.807, 2.05) is 30.5 Å². The second kappa shape index (κ2) is 5.54. The van der Waals surface area contributed by atoms with Crippen molar-refractivity contribution in [2.24, 2.45) is 0 Å². The first kappa shape index (κ1) is 15.0. The number of hydrogen-bond acceptors (Lipinski definition) is 3. The van der Waals surface area contributed by atoms with E-state index in [4.69, 9.17) is 0 Å². The molecule has 0 spiro atoms. The van der Waals surface area contributed by atoms with E-state index in [9.17, 15) is 9.90 Å². The van der Waals surface area contributed by atoms with Gasteiger partial charge in [0.1, 0.15) is 0 Å². The van der Waals surface area contributed by atoms with Crippen molar-refractivity contribution in [3.8, 4) is 10.6 Å². The molecule has 0 fully saturated rings. The van der Waals surface area contributed by atoms with Crippen LogP contribution < -0.4 is 5.56 Å². The summed E-state index contributed by atoms with van der Waals surface area (Å²) in [6.07, 6.45) is 0.869. The molecular weight excluding hydrogens is 270 g/mol. The Labute approximate surface area is 123 Å². The molecule has 0 amide bonds. The van der Waals surface area contributed by atoms with Crippen molar-refractivity contribution < 1.29 is 5.11 Å². The summed E-state index contributed by atoms with van der Waals surface area (Å²) in [5.41, 5.74) is 0.142. The van der Waals surface area contributed by atoms with Crippen LogP contribution in [-0.2, 0) is 5.60 Å². The first-order valence-corrected chi connectivity index (χ1v) is 7.76. The van der Waals surface area contributed by atoms with E-state index < -0.39 is 5.60 Å². The Morgan fingerprint density at radius 2 is 2.05 bits per heavy atom. The first-order valence-electron chi connectivity index (χ1n) is 6.88. The number of hydrogen-bond donors (Lipinski definition) is 1. The lowest BCUT2D eigenvalue weighted by Gasteiger charge is -2.23. The summed E-state index contributed by atoms with van der Waals surface area (Å²) < 4.78 is 1.80. The number of thiophene rings is 1. The SMILES string of the molecule is CCC(C)n1c(-c2cccs2)ccc(C(C)(C)O)c1=O. The highest BCUT2D eigenvalue weighted by Crippen LogP contribution is 2.28. The van der Waals surface area contributed by atoms with Gasteiger partial charge in [0.25, 0.3) is 5.56 Å². The highest BCUT2D eigenvalue weighted by molar-refractivity contribution is 7.13. The zero-order valence-electron chi connectivity index (χ0n) is 12.4. The molecule has 0 saturated heterocycles. The third-order valence-electron chi connectivity index (χ3n) is 3.58. The number of nitrogens with zero attached hydrogens (tertiary/aromatic N) is 1. The first-order chi connectivity index (χ1) is 9.36. The number of aliphatic hydroxyl groups is 1. The summed E-state index contributed by atoms with van der Waals surface area (Å²) >= 11 is 1.62. The van der Waals surface area contributed by atoms with Crippen LogP contribution in [0.4, 0.5) is 0 Å². The maximum absolute atomic E-state index is 12.7. The molecule has 2 aromatic heterocycles. The summed E-state index contributed by atoms with van der Waals surface area (Å²) in [6.45, 7) is 7.39. The molecule has 2 rings (SSSR count). The van der Waals surface area contributed by atoms with Crippen LogP contribution in [-0.4, -0.2) is 9.67 Å². The molecule has 0 bridgehead atoms. The van der Waals surface area contributed by atoms with Gasteiger partial charge in [-0.1, -0.05) is 13.0 Å². The fraction of sp³-hybridized carbons (Fsp3) is 0.438. The molecule has 1 N–H and O–H groups in total. The highest BCUT2D eigenvalue weighted by atomic mass is 32.1. The Balaban J connectivity index is 2.72. The molecule has 0 aromatic carbocycles. The van der Waals surface area contributed by atoms with Gasteiger partial charge in [0.2, 0.25) is 0 Å². The molecule has 0 aliphatic rings.